The van der Waals surface area contributed by atoms with Crippen LogP contribution in [0.2, 0.25) is 5.02 Å². The van der Waals surface area contributed by atoms with Gasteiger partial charge in [0, 0.05) is 5.69 Å². The molecule has 2 atom stereocenters. The third kappa shape index (κ3) is 4.29. The number of rotatable bonds is 7. The van der Waals surface area contributed by atoms with E-state index in [9.17, 15) is 19.2 Å². The normalized spacial score (nSPS) is 18.8. The highest BCUT2D eigenvalue weighted by Gasteiger charge is 2.55. The summed E-state index contributed by atoms with van der Waals surface area (Å²) in [6, 6.07) is 8.60. The van der Waals surface area contributed by atoms with Crippen LogP contribution in [0.4, 0.5) is 11.4 Å². The largest absolute Gasteiger partial charge is 0.495 e. The van der Waals surface area contributed by atoms with Gasteiger partial charge in [-0.1, -0.05) is 16.8 Å². The Labute approximate surface area is 199 Å². The number of benzene rings is 2. The highest BCUT2D eigenvalue weighted by molar-refractivity contribution is 6.33. The maximum Gasteiger partial charge on any atom is 0.338 e. The van der Waals surface area contributed by atoms with Crippen molar-refractivity contribution in [2.45, 2.75) is 19.0 Å². The SMILES string of the molecule is CCOC(=O)c1ccc(NC(=O)CN2N=NC3C(=O)N(c4ccc(OC)c(Cl)c4)C(=O)C32)cc1. The first kappa shape index (κ1) is 23.2. The van der Waals surface area contributed by atoms with Gasteiger partial charge in [-0.2, -0.15) is 5.11 Å². The van der Waals surface area contributed by atoms with E-state index >= 15 is 0 Å². The van der Waals surface area contributed by atoms with Crippen LogP contribution in [0.15, 0.2) is 52.8 Å². The molecule has 0 spiro atoms. The third-order valence-corrected chi connectivity index (χ3v) is 5.53. The molecule has 0 radical (unpaired) electrons. The number of methoxy groups -OCH3 is 1. The van der Waals surface area contributed by atoms with Crippen LogP contribution < -0.4 is 15.0 Å². The van der Waals surface area contributed by atoms with E-state index in [0.717, 1.165) is 4.90 Å². The molecule has 2 aliphatic rings. The maximum atomic E-state index is 13.1. The quantitative estimate of drug-likeness (QED) is 0.471. The van der Waals surface area contributed by atoms with E-state index in [1.54, 1.807) is 25.1 Å². The zero-order valence-electron chi connectivity index (χ0n) is 18.2. The fourth-order valence-electron chi connectivity index (χ4n) is 3.65. The number of carbonyl (C=O) groups excluding carboxylic acids is 4. The Hall–Kier alpha value is -3.99. The second-order valence-corrected chi connectivity index (χ2v) is 7.78. The summed E-state index contributed by atoms with van der Waals surface area (Å²) in [5.74, 6) is -1.66. The van der Waals surface area contributed by atoms with E-state index < -0.39 is 35.8 Å². The van der Waals surface area contributed by atoms with Crippen molar-refractivity contribution in [3.05, 3.63) is 53.1 Å². The summed E-state index contributed by atoms with van der Waals surface area (Å²) in [6.07, 6.45) is 0. The van der Waals surface area contributed by atoms with Crippen LogP contribution in [0, 0.1) is 0 Å². The van der Waals surface area contributed by atoms with Crippen molar-refractivity contribution in [1.29, 1.82) is 0 Å². The monoisotopic (exact) mass is 485 g/mol. The third-order valence-electron chi connectivity index (χ3n) is 5.24. The van der Waals surface area contributed by atoms with E-state index in [2.05, 4.69) is 15.7 Å². The van der Waals surface area contributed by atoms with Gasteiger partial charge in [-0.3, -0.25) is 19.4 Å². The number of esters is 1. The molecule has 1 N–H and O–H groups in total. The van der Waals surface area contributed by atoms with E-state index in [0.29, 0.717) is 17.0 Å². The molecule has 2 heterocycles. The number of hydrogen-bond donors (Lipinski definition) is 1. The van der Waals surface area contributed by atoms with E-state index in [4.69, 9.17) is 21.1 Å². The smallest absolute Gasteiger partial charge is 0.338 e. The van der Waals surface area contributed by atoms with Crippen molar-refractivity contribution in [1.82, 2.24) is 5.01 Å². The molecule has 1 saturated heterocycles. The van der Waals surface area contributed by atoms with E-state index in [-0.39, 0.29) is 23.9 Å². The van der Waals surface area contributed by atoms with Crippen LogP contribution in [-0.4, -0.2) is 61.0 Å². The van der Waals surface area contributed by atoms with Crippen molar-refractivity contribution >= 4 is 46.7 Å². The zero-order chi connectivity index (χ0) is 24.4. The van der Waals surface area contributed by atoms with E-state index in [1.165, 1.54) is 36.4 Å². The Bertz CT molecular complexity index is 1180. The molecule has 2 aliphatic heterocycles. The number of nitrogens with one attached hydrogen (secondary N) is 1. The number of amides is 3. The molecule has 4 rings (SSSR count). The first-order valence-electron chi connectivity index (χ1n) is 10.3. The molecule has 12 heteroatoms. The lowest BCUT2D eigenvalue weighted by Crippen LogP contribution is -2.43. The van der Waals surface area contributed by atoms with Crippen LogP contribution in [-0.2, 0) is 19.1 Å². The molecule has 1 fully saturated rings. The Morgan fingerprint density at radius 3 is 2.50 bits per heavy atom. The van der Waals surface area contributed by atoms with Crippen molar-refractivity contribution in [3.8, 4) is 5.75 Å². The van der Waals surface area contributed by atoms with Gasteiger partial charge in [-0.25, -0.2) is 9.69 Å². The van der Waals surface area contributed by atoms with Gasteiger partial charge >= 0.3 is 5.97 Å². The minimum atomic E-state index is -1.05. The van der Waals surface area contributed by atoms with E-state index in [1.807, 2.05) is 0 Å². The predicted octanol–water partition coefficient (Wildman–Crippen LogP) is 2.46. The first-order valence-corrected chi connectivity index (χ1v) is 10.7. The van der Waals surface area contributed by atoms with Crippen molar-refractivity contribution < 1.29 is 28.7 Å². The second kappa shape index (κ2) is 9.48. The van der Waals surface area contributed by atoms with Gasteiger partial charge in [-0.15, -0.1) is 0 Å². The molecule has 2 unspecified atom stereocenters. The maximum absolute atomic E-state index is 13.1. The topological polar surface area (TPSA) is 130 Å². The number of anilines is 2. The fraction of sp³-hybridized carbons (Fsp3) is 0.273. The summed E-state index contributed by atoms with van der Waals surface area (Å²) >= 11 is 6.14. The number of carbonyl (C=O) groups is 4. The molecule has 0 saturated carbocycles. The predicted molar refractivity (Wildman–Crippen MR) is 121 cm³/mol. The number of hydrogen-bond acceptors (Lipinski definition) is 9. The first-order chi connectivity index (χ1) is 16.3. The molecule has 34 heavy (non-hydrogen) atoms. The molecule has 0 bridgehead atoms. The molecular weight excluding hydrogens is 466 g/mol. The van der Waals surface area contributed by atoms with Gasteiger partial charge in [0.25, 0.3) is 11.8 Å². The highest BCUT2D eigenvalue weighted by Crippen LogP contribution is 2.35. The molecule has 0 aliphatic carbocycles. The summed E-state index contributed by atoms with van der Waals surface area (Å²) < 4.78 is 10.0. The number of fused-ring (bicyclic) bond motifs is 1. The Kier molecular flexibility index (Phi) is 6.46. The Morgan fingerprint density at radius 2 is 1.85 bits per heavy atom. The van der Waals surface area contributed by atoms with Gasteiger partial charge in [0.2, 0.25) is 5.91 Å². The molecule has 2 aromatic carbocycles. The average molecular weight is 486 g/mol. The number of nitrogens with zero attached hydrogens (tertiary/aromatic N) is 4. The number of ether oxygens (including phenoxy) is 2. The molecule has 11 nitrogen and oxygen atoms in total. The standard InChI is InChI=1S/C22H20ClN5O6/c1-3-34-22(32)12-4-6-13(7-5-12)24-17(29)11-27-19-18(25-26-27)20(30)28(21(19)31)14-8-9-16(33-2)15(23)10-14/h4-10,18-19H,3,11H2,1-2H3,(H,24,29). The average Bonchev–Trinajstić information content (AvgIpc) is 3.33. The highest BCUT2D eigenvalue weighted by atomic mass is 35.5. The molecule has 2 aromatic rings. The Morgan fingerprint density at radius 1 is 1.12 bits per heavy atom. The zero-order valence-corrected chi connectivity index (χ0v) is 19.0. The van der Waals surface area contributed by atoms with Crippen molar-refractivity contribution in [2.75, 3.05) is 30.5 Å². The molecule has 176 valence electrons. The summed E-state index contributed by atoms with van der Waals surface area (Å²) in [5.41, 5.74) is 1.07. The molecular formula is C22H20ClN5O6. The minimum absolute atomic E-state index is 0.240. The fourth-order valence-corrected chi connectivity index (χ4v) is 3.91. The van der Waals surface area contributed by atoms with Crippen LogP contribution in [0.1, 0.15) is 17.3 Å². The van der Waals surface area contributed by atoms with Crippen molar-refractivity contribution in [3.63, 3.8) is 0 Å². The van der Waals surface area contributed by atoms with Gasteiger partial charge in [-0.05, 0) is 49.4 Å². The summed E-state index contributed by atoms with van der Waals surface area (Å²) in [5, 5.41) is 11.8. The summed E-state index contributed by atoms with van der Waals surface area (Å²) in [6.45, 7) is 1.66. The molecule has 0 aromatic heterocycles. The lowest BCUT2D eigenvalue weighted by molar-refractivity contribution is -0.123. The van der Waals surface area contributed by atoms with Gasteiger partial charge in [0.1, 0.15) is 12.3 Å². The van der Waals surface area contributed by atoms with Crippen LogP contribution in [0.3, 0.4) is 0 Å². The lowest BCUT2D eigenvalue weighted by atomic mass is 10.1. The number of imide groups is 1. The van der Waals surface area contributed by atoms with Gasteiger partial charge in [0.05, 0.1) is 30.0 Å². The number of halogens is 1. The lowest BCUT2D eigenvalue weighted by Gasteiger charge is -2.20. The van der Waals surface area contributed by atoms with Crippen LogP contribution in [0.25, 0.3) is 0 Å². The second-order valence-electron chi connectivity index (χ2n) is 7.37. The molecule has 3 amide bonds. The van der Waals surface area contributed by atoms with Crippen molar-refractivity contribution in [2.24, 2.45) is 10.3 Å². The van der Waals surface area contributed by atoms with Crippen LogP contribution >= 0.6 is 11.6 Å². The Balaban J connectivity index is 1.43. The van der Waals surface area contributed by atoms with Gasteiger partial charge in [0.15, 0.2) is 12.1 Å². The minimum Gasteiger partial charge on any atom is -0.495 e. The summed E-state index contributed by atoms with van der Waals surface area (Å²) in [7, 11) is 1.45. The summed E-state index contributed by atoms with van der Waals surface area (Å²) in [4.78, 5) is 51.2. The van der Waals surface area contributed by atoms with Crippen LogP contribution in [0.5, 0.6) is 5.75 Å². The van der Waals surface area contributed by atoms with Gasteiger partial charge < -0.3 is 14.8 Å².